The summed E-state index contributed by atoms with van der Waals surface area (Å²) >= 11 is 0. The van der Waals surface area contributed by atoms with Crippen LogP contribution in [0.25, 0.3) is 0 Å². The number of likely N-dealkylation sites (N-methyl/N-ethyl adjacent to an activating group) is 1. The quantitative estimate of drug-likeness (QED) is 0.877. The molecule has 0 aliphatic heterocycles. The summed E-state index contributed by atoms with van der Waals surface area (Å²) in [5.41, 5.74) is 1.42. The van der Waals surface area contributed by atoms with E-state index in [9.17, 15) is 18.0 Å². The molecular weight excluding hydrogens is 353 g/mol. The van der Waals surface area contributed by atoms with E-state index in [1.54, 1.807) is 24.1 Å². The fourth-order valence-electron chi connectivity index (χ4n) is 4.30. The Balaban J connectivity index is 1.72. The van der Waals surface area contributed by atoms with Gasteiger partial charge in [-0.25, -0.2) is 13.2 Å². The van der Waals surface area contributed by atoms with Gasteiger partial charge in [0.05, 0.1) is 0 Å². The molecule has 1 saturated carbocycles. The number of benzene rings is 2. The summed E-state index contributed by atoms with van der Waals surface area (Å²) in [6, 6.07) is 13.2. The Morgan fingerprint density at radius 2 is 1.89 bits per heavy atom. The summed E-state index contributed by atoms with van der Waals surface area (Å²) in [7, 11) is 1.76. The summed E-state index contributed by atoms with van der Waals surface area (Å²) < 4.78 is 40.2. The summed E-state index contributed by atoms with van der Waals surface area (Å²) in [5, 5.41) is 2.81. The minimum absolute atomic E-state index is 0.306. The van der Waals surface area contributed by atoms with Crippen molar-refractivity contribution in [3.05, 3.63) is 65.5 Å². The van der Waals surface area contributed by atoms with E-state index in [2.05, 4.69) is 5.32 Å². The molecule has 4 rings (SSSR count). The van der Waals surface area contributed by atoms with Crippen molar-refractivity contribution in [3.63, 3.8) is 0 Å². The number of carbonyl (C=O) groups excluding carboxylic acids is 1. The van der Waals surface area contributed by atoms with Crippen LogP contribution < -0.4 is 10.2 Å². The summed E-state index contributed by atoms with van der Waals surface area (Å²) in [6.45, 7) is 0. The van der Waals surface area contributed by atoms with Crippen LogP contribution in [0.3, 0.4) is 0 Å². The largest absolute Gasteiger partial charge is 0.356 e. The lowest BCUT2D eigenvalue weighted by Gasteiger charge is -2.43. The van der Waals surface area contributed by atoms with Crippen molar-refractivity contribution in [2.45, 2.75) is 43.2 Å². The van der Waals surface area contributed by atoms with Gasteiger partial charge in [-0.05, 0) is 42.2 Å². The molecule has 142 valence electrons. The highest BCUT2D eigenvalue weighted by molar-refractivity contribution is 5.93. The molecule has 0 spiro atoms. The van der Waals surface area contributed by atoms with Crippen molar-refractivity contribution in [1.82, 2.24) is 5.32 Å². The lowest BCUT2D eigenvalue weighted by molar-refractivity contribution is -0.134. The number of amides is 1. The van der Waals surface area contributed by atoms with Crippen molar-refractivity contribution in [2.24, 2.45) is 0 Å². The lowest BCUT2D eigenvalue weighted by atomic mass is 9.84. The van der Waals surface area contributed by atoms with E-state index in [0.717, 1.165) is 11.1 Å². The molecule has 2 aliphatic rings. The van der Waals surface area contributed by atoms with Crippen LogP contribution in [-0.2, 0) is 16.8 Å². The van der Waals surface area contributed by atoms with Crippen LogP contribution in [0, 0.1) is 5.82 Å². The Hall–Kier alpha value is -2.50. The van der Waals surface area contributed by atoms with Crippen LogP contribution >= 0.6 is 0 Å². The maximum absolute atomic E-state index is 13.8. The number of rotatable bonds is 4. The second-order valence-corrected chi connectivity index (χ2v) is 7.49. The molecule has 1 N–H and O–H groups in total. The average Bonchev–Trinajstić information content (AvgIpc) is 3.00. The topological polar surface area (TPSA) is 32.3 Å². The molecule has 1 fully saturated rings. The third kappa shape index (κ3) is 2.97. The van der Waals surface area contributed by atoms with Gasteiger partial charge in [-0.3, -0.25) is 4.79 Å². The minimum atomic E-state index is -2.70. The van der Waals surface area contributed by atoms with Gasteiger partial charge in [-0.2, -0.15) is 0 Å². The SMILES string of the molecule is CN(c1cccc(F)c1)C1(C(=O)NC2CC(F)(F)C2)CCc2ccccc21. The van der Waals surface area contributed by atoms with Gasteiger partial charge in [0.1, 0.15) is 11.4 Å². The van der Waals surface area contributed by atoms with Crippen LogP contribution in [-0.4, -0.2) is 24.9 Å². The van der Waals surface area contributed by atoms with Gasteiger partial charge in [0.15, 0.2) is 0 Å². The van der Waals surface area contributed by atoms with Gasteiger partial charge in [-0.15, -0.1) is 0 Å². The number of anilines is 1. The Labute approximate surface area is 156 Å². The van der Waals surface area contributed by atoms with Gasteiger partial charge in [0.2, 0.25) is 0 Å². The number of carbonyl (C=O) groups is 1. The van der Waals surface area contributed by atoms with Crippen molar-refractivity contribution < 1.29 is 18.0 Å². The average molecular weight is 374 g/mol. The summed E-state index contributed by atoms with van der Waals surface area (Å²) in [4.78, 5) is 15.1. The zero-order chi connectivity index (χ0) is 19.2. The normalized spacial score (nSPS) is 23.4. The van der Waals surface area contributed by atoms with Gasteiger partial charge >= 0.3 is 0 Å². The first-order valence-electron chi connectivity index (χ1n) is 9.08. The first kappa shape index (κ1) is 17.9. The van der Waals surface area contributed by atoms with Crippen molar-refractivity contribution >= 4 is 11.6 Å². The van der Waals surface area contributed by atoms with Crippen LogP contribution in [0.2, 0.25) is 0 Å². The number of halogens is 3. The van der Waals surface area contributed by atoms with E-state index >= 15 is 0 Å². The standard InChI is InChI=1S/C21H21F3N2O/c1-26(17-7-4-6-15(22)11-17)21(10-9-14-5-2-3-8-18(14)21)19(27)25-16-12-20(23,24)13-16/h2-8,11,16H,9-10,12-13H2,1H3,(H,25,27). The molecule has 0 heterocycles. The maximum Gasteiger partial charge on any atom is 0.252 e. The fraction of sp³-hybridized carbons (Fsp3) is 0.381. The zero-order valence-electron chi connectivity index (χ0n) is 15.0. The van der Waals surface area contributed by atoms with Crippen LogP contribution in [0.1, 0.15) is 30.4 Å². The van der Waals surface area contributed by atoms with E-state index < -0.39 is 17.5 Å². The van der Waals surface area contributed by atoms with E-state index in [4.69, 9.17) is 0 Å². The van der Waals surface area contributed by atoms with Crippen molar-refractivity contribution in [2.75, 3.05) is 11.9 Å². The molecule has 27 heavy (non-hydrogen) atoms. The monoisotopic (exact) mass is 374 g/mol. The summed E-state index contributed by atoms with van der Waals surface area (Å²) in [6.07, 6.45) is 0.540. The first-order chi connectivity index (χ1) is 12.8. The lowest BCUT2D eigenvalue weighted by Crippen LogP contribution is -2.59. The minimum Gasteiger partial charge on any atom is -0.356 e. The van der Waals surface area contributed by atoms with Gasteiger partial charge in [0, 0.05) is 31.6 Å². The van der Waals surface area contributed by atoms with Crippen LogP contribution in [0.5, 0.6) is 0 Å². The van der Waals surface area contributed by atoms with Crippen molar-refractivity contribution in [1.29, 1.82) is 0 Å². The first-order valence-corrected chi connectivity index (χ1v) is 9.08. The van der Waals surface area contributed by atoms with E-state index in [1.165, 1.54) is 12.1 Å². The van der Waals surface area contributed by atoms with Crippen LogP contribution in [0.15, 0.2) is 48.5 Å². The van der Waals surface area contributed by atoms with Gasteiger partial charge in [0.25, 0.3) is 11.8 Å². The van der Waals surface area contributed by atoms with E-state index in [0.29, 0.717) is 18.5 Å². The molecule has 2 aromatic rings. The molecule has 1 unspecified atom stereocenters. The molecule has 0 radical (unpaired) electrons. The third-order valence-electron chi connectivity index (χ3n) is 5.79. The molecule has 1 amide bonds. The summed E-state index contributed by atoms with van der Waals surface area (Å²) in [5.74, 6) is -3.40. The molecule has 3 nitrogen and oxygen atoms in total. The second kappa shape index (κ2) is 6.29. The molecule has 2 aromatic carbocycles. The maximum atomic E-state index is 13.8. The molecule has 6 heteroatoms. The molecule has 0 aromatic heterocycles. The Kier molecular flexibility index (Phi) is 4.17. The smallest absolute Gasteiger partial charge is 0.252 e. The van der Waals surface area contributed by atoms with Crippen molar-refractivity contribution in [3.8, 4) is 0 Å². The number of fused-ring (bicyclic) bond motifs is 1. The molecule has 1 atom stereocenters. The Morgan fingerprint density at radius 3 is 2.59 bits per heavy atom. The molecular formula is C21H21F3N2O. The van der Waals surface area contributed by atoms with E-state index in [-0.39, 0.29) is 24.6 Å². The highest BCUT2D eigenvalue weighted by Gasteiger charge is 2.52. The number of aryl methyl sites for hydroxylation is 1. The highest BCUT2D eigenvalue weighted by atomic mass is 19.3. The highest BCUT2D eigenvalue weighted by Crippen LogP contribution is 2.45. The predicted molar refractivity (Wildman–Crippen MR) is 97.4 cm³/mol. The van der Waals surface area contributed by atoms with Crippen LogP contribution in [0.4, 0.5) is 18.9 Å². The predicted octanol–water partition coefficient (Wildman–Crippen LogP) is 4.02. The Morgan fingerprint density at radius 1 is 1.15 bits per heavy atom. The molecule has 0 saturated heterocycles. The number of nitrogens with one attached hydrogen (secondary N) is 1. The number of nitrogens with zero attached hydrogens (tertiary/aromatic N) is 1. The molecule has 2 aliphatic carbocycles. The zero-order valence-corrected chi connectivity index (χ0v) is 15.0. The fourth-order valence-corrected chi connectivity index (χ4v) is 4.30. The van der Waals surface area contributed by atoms with E-state index in [1.807, 2.05) is 24.3 Å². The number of alkyl halides is 2. The second-order valence-electron chi connectivity index (χ2n) is 7.49. The number of hydrogen-bond acceptors (Lipinski definition) is 2. The third-order valence-corrected chi connectivity index (χ3v) is 5.79. The van der Waals surface area contributed by atoms with Gasteiger partial charge in [-0.1, -0.05) is 30.3 Å². The Bertz CT molecular complexity index is 877. The number of hydrogen-bond donors (Lipinski definition) is 1. The van der Waals surface area contributed by atoms with Gasteiger partial charge < -0.3 is 10.2 Å². The molecule has 0 bridgehead atoms.